The Bertz CT molecular complexity index is 920. The number of piperidine rings is 1. The minimum Gasteiger partial charge on any atom is -0.457 e. The van der Waals surface area contributed by atoms with E-state index in [2.05, 4.69) is 40.9 Å². The molecule has 0 saturated carbocycles. The quantitative estimate of drug-likeness (QED) is 0.120. The Morgan fingerprint density at radius 2 is 1.66 bits per heavy atom. The number of carbonyl (C=O) groups excluding carboxylic acids is 3. The zero-order valence-electron chi connectivity index (χ0n) is 23.4. The van der Waals surface area contributed by atoms with Crippen molar-refractivity contribution < 1.29 is 28.3 Å². The first kappa shape index (κ1) is 30.5. The van der Waals surface area contributed by atoms with Crippen molar-refractivity contribution in [2.45, 2.75) is 88.9 Å². The van der Waals surface area contributed by atoms with Crippen LogP contribution >= 0.6 is 11.8 Å². The highest BCUT2D eigenvalue weighted by Gasteiger charge is 2.58. The molecule has 38 heavy (non-hydrogen) atoms. The Balaban J connectivity index is 1.74. The van der Waals surface area contributed by atoms with Crippen molar-refractivity contribution in [3.05, 3.63) is 35.9 Å². The van der Waals surface area contributed by atoms with Gasteiger partial charge < -0.3 is 23.7 Å². The number of rotatable bonds is 14. The predicted molar refractivity (Wildman–Crippen MR) is 153 cm³/mol. The van der Waals surface area contributed by atoms with Crippen molar-refractivity contribution in [1.29, 1.82) is 0 Å². The molecule has 10 heteroatoms. The molecule has 2 amide bonds. The fraction of sp³-hybridized carbons (Fsp3) is 0.679. The number of esters is 1. The van der Waals surface area contributed by atoms with Gasteiger partial charge in [-0.25, -0.2) is 9.59 Å². The van der Waals surface area contributed by atoms with Gasteiger partial charge in [-0.3, -0.25) is 4.79 Å². The molecule has 3 aliphatic heterocycles. The zero-order chi connectivity index (χ0) is 27.9. The van der Waals surface area contributed by atoms with Crippen LogP contribution in [0.15, 0.2) is 35.9 Å². The largest absolute Gasteiger partial charge is 0.457 e. The summed E-state index contributed by atoms with van der Waals surface area (Å²) >= 11 is 1.66. The maximum atomic E-state index is 13.6. The first-order chi connectivity index (χ1) is 18.3. The Labute approximate surface area is 232 Å². The number of thioether (sulfide) groups is 1. The third-order valence-electron chi connectivity index (χ3n) is 8.17. The molecule has 2 fully saturated rings. The molecule has 3 heterocycles. The Hall–Kier alpha value is -2.04. The van der Waals surface area contributed by atoms with Gasteiger partial charge in [-0.05, 0) is 37.4 Å². The Kier molecular flexibility index (Phi) is 11.1. The number of hydrogen-bond acceptors (Lipinski definition) is 7. The molecule has 0 aliphatic carbocycles. The second kappa shape index (κ2) is 13.8. The number of nitrogens with zero attached hydrogens (tertiary/aromatic N) is 2. The fourth-order valence-corrected chi connectivity index (χ4v) is 10.1. The minimum absolute atomic E-state index is 0.0333. The van der Waals surface area contributed by atoms with E-state index in [1.165, 1.54) is 6.08 Å². The van der Waals surface area contributed by atoms with E-state index in [9.17, 15) is 14.4 Å². The van der Waals surface area contributed by atoms with E-state index >= 15 is 0 Å². The lowest BCUT2D eigenvalue weighted by Gasteiger charge is -2.48. The SMILES string of the molecule is C=CCOC(=O)C1=C(SC2CCN(C(=O)OCC=C)CC2)C[C@@H]2[C@H]([C@H](CC)O[Si](CC)(CC)CC)C(=O)N12. The maximum Gasteiger partial charge on any atom is 0.410 e. The molecule has 212 valence electrons. The van der Waals surface area contributed by atoms with Crippen LogP contribution in [0.4, 0.5) is 4.79 Å². The van der Waals surface area contributed by atoms with Crippen molar-refractivity contribution in [3.63, 3.8) is 0 Å². The summed E-state index contributed by atoms with van der Waals surface area (Å²) in [6.07, 6.45) is 5.62. The number of β-lactam (4-membered cyclic amide) rings is 1. The molecule has 0 radical (unpaired) electrons. The first-order valence-electron chi connectivity index (χ1n) is 14.0. The van der Waals surface area contributed by atoms with Crippen molar-refractivity contribution in [1.82, 2.24) is 9.80 Å². The van der Waals surface area contributed by atoms with Crippen LogP contribution in [0.2, 0.25) is 18.1 Å². The molecule has 0 spiro atoms. The van der Waals surface area contributed by atoms with Gasteiger partial charge in [0.2, 0.25) is 5.91 Å². The number of carbonyl (C=O) groups is 3. The van der Waals surface area contributed by atoms with E-state index in [4.69, 9.17) is 13.9 Å². The lowest BCUT2D eigenvalue weighted by Crippen LogP contribution is -2.64. The van der Waals surface area contributed by atoms with Crippen LogP contribution in [0, 0.1) is 5.92 Å². The molecule has 3 atom stereocenters. The summed E-state index contributed by atoms with van der Waals surface area (Å²) in [7, 11) is -1.89. The molecule has 2 saturated heterocycles. The summed E-state index contributed by atoms with van der Waals surface area (Å²) in [6, 6.07) is 3.02. The van der Waals surface area contributed by atoms with Crippen LogP contribution in [0.1, 0.15) is 53.4 Å². The van der Waals surface area contributed by atoms with Crippen LogP contribution in [0.5, 0.6) is 0 Å². The zero-order valence-corrected chi connectivity index (χ0v) is 25.2. The lowest BCUT2D eigenvalue weighted by atomic mass is 9.82. The van der Waals surface area contributed by atoms with E-state index in [0.29, 0.717) is 25.2 Å². The van der Waals surface area contributed by atoms with E-state index in [1.54, 1.807) is 27.6 Å². The van der Waals surface area contributed by atoms with E-state index < -0.39 is 14.3 Å². The summed E-state index contributed by atoms with van der Waals surface area (Å²) in [4.78, 5) is 43.1. The van der Waals surface area contributed by atoms with Gasteiger partial charge in [-0.1, -0.05) is 53.0 Å². The number of ether oxygens (including phenoxy) is 2. The highest BCUT2D eigenvalue weighted by atomic mass is 32.2. The van der Waals surface area contributed by atoms with Gasteiger partial charge in [0.25, 0.3) is 0 Å². The number of likely N-dealkylation sites (tertiary alicyclic amines) is 1. The summed E-state index contributed by atoms with van der Waals surface area (Å²) in [5, 5.41) is 0.237. The average molecular weight is 565 g/mol. The summed E-state index contributed by atoms with van der Waals surface area (Å²) < 4.78 is 17.4. The Morgan fingerprint density at radius 1 is 1.05 bits per heavy atom. The summed E-state index contributed by atoms with van der Waals surface area (Å²) in [5.41, 5.74) is 0.385. The summed E-state index contributed by atoms with van der Waals surface area (Å²) in [5.74, 6) is -0.743. The van der Waals surface area contributed by atoms with E-state index in [0.717, 1.165) is 42.3 Å². The summed E-state index contributed by atoms with van der Waals surface area (Å²) in [6.45, 7) is 17.4. The van der Waals surface area contributed by atoms with Crippen LogP contribution in [-0.4, -0.2) is 79.8 Å². The standard InChI is InChI=1S/C28H44N2O6SSi/c1-7-17-34-27(32)25-23(37-20-13-15-29(16-14-20)28(33)35-18-8-2)19-21-24(26(31)30(21)25)22(9-3)36-38(10-4,11-5)12-6/h7-8,20-22,24H,1-2,9-19H2,3-6H3/t21-,22+,24-/m1/s1. The molecule has 3 aliphatic rings. The third-order valence-corrected chi connectivity index (χ3v) is 14.3. The molecule has 0 unspecified atom stereocenters. The van der Waals surface area contributed by atoms with Gasteiger partial charge in [0, 0.05) is 29.7 Å². The molecule has 0 bridgehead atoms. The van der Waals surface area contributed by atoms with Gasteiger partial charge in [-0.2, -0.15) is 0 Å². The predicted octanol–water partition coefficient (Wildman–Crippen LogP) is 5.48. The molecular formula is C28H44N2O6SSi. The van der Waals surface area contributed by atoms with Crippen molar-refractivity contribution in [2.75, 3.05) is 26.3 Å². The van der Waals surface area contributed by atoms with Crippen LogP contribution in [-0.2, 0) is 23.5 Å². The molecule has 3 rings (SSSR count). The molecule has 0 aromatic heterocycles. The minimum atomic E-state index is -1.89. The van der Waals surface area contributed by atoms with E-state index in [-0.39, 0.29) is 48.5 Å². The highest BCUT2D eigenvalue weighted by molar-refractivity contribution is 8.03. The molecular weight excluding hydrogens is 520 g/mol. The topological polar surface area (TPSA) is 85.4 Å². The smallest absolute Gasteiger partial charge is 0.410 e. The second-order valence-corrected chi connectivity index (χ2v) is 16.3. The average Bonchev–Trinajstić information content (AvgIpc) is 3.27. The molecule has 0 N–H and O–H groups in total. The van der Waals surface area contributed by atoms with Crippen molar-refractivity contribution >= 4 is 38.0 Å². The number of hydrogen-bond donors (Lipinski definition) is 0. The Morgan fingerprint density at radius 3 is 2.21 bits per heavy atom. The van der Waals surface area contributed by atoms with Crippen LogP contribution < -0.4 is 0 Å². The third kappa shape index (κ3) is 6.39. The number of amides is 2. The monoisotopic (exact) mass is 564 g/mol. The molecule has 0 aromatic rings. The fourth-order valence-electron chi connectivity index (χ4n) is 5.72. The van der Waals surface area contributed by atoms with Gasteiger partial charge in [0.05, 0.1) is 18.1 Å². The van der Waals surface area contributed by atoms with Crippen LogP contribution in [0.3, 0.4) is 0 Å². The van der Waals surface area contributed by atoms with Crippen molar-refractivity contribution in [3.8, 4) is 0 Å². The number of fused-ring (bicyclic) bond motifs is 1. The normalized spacial score (nSPS) is 22.6. The van der Waals surface area contributed by atoms with Crippen LogP contribution in [0.25, 0.3) is 0 Å². The second-order valence-electron chi connectivity index (χ2n) is 10.1. The van der Waals surface area contributed by atoms with Gasteiger partial charge in [0.1, 0.15) is 18.9 Å². The first-order valence-corrected chi connectivity index (χ1v) is 17.4. The molecule has 8 nitrogen and oxygen atoms in total. The lowest BCUT2D eigenvalue weighted by molar-refractivity contribution is -0.162. The highest BCUT2D eigenvalue weighted by Crippen LogP contribution is 2.50. The van der Waals surface area contributed by atoms with Crippen molar-refractivity contribution in [2.24, 2.45) is 5.92 Å². The maximum absolute atomic E-state index is 13.6. The van der Waals surface area contributed by atoms with E-state index in [1.807, 2.05) is 0 Å². The van der Waals surface area contributed by atoms with Gasteiger partial charge >= 0.3 is 12.1 Å². The van der Waals surface area contributed by atoms with Gasteiger partial charge in [0.15, 0.2) is 8.32 Å². The molecule has 0 aromatic carbocycles. The van der Waals surface area contributed by atoms with Gasteiger partial charge in [-0.15, -0.1) is 11.8 Å².